The molecule has 0 spiro atoms. The van der Waals surface area contributed by atoms with Gasteiger partial charge in [-0.3, -0.25) is 0 Å². The number of aromatic nitrogens is 1. The van der Waals surface area contributed by atoms with Gasteiger partial charge in [-0.1, -0.05) is 160 Å². The van der Waals surface area contributed by atoms with E-state index < -0.39 is 28.4 Å². The van der Waals surface area contributed by atoms with E-state index in [2.05, 4.69) is 73.7 Å². The van der Waals surface area contributed by atoms with Crippen LogP contribution in [-0.4, -0.2) is 15.4 Å². The smallest absolute Gasteiger partial charge is 0.341 e. The van der Waals surface area contributed by atoms with Gasteiger partial charge in [-0.15, -0.1) is 0 Å². The van der Waals surface area contributed by atoms with Crippen molar-refractivity contribution in [2.45, 2.75) is 47.5 Å². The van der Waals surface area contributed by atoms with Crippen LogP contribution in [0.3, 0.4) is 0 Å². The average Bonchev–Trinajstić information content (AvgIpc) is 3.57. The molecule has 1 radical (unpaired) electrons. The average molecular weight is 896 g/mol. The topological polar surface area (TPSA) is 17.0 Å². The minimum atomic E-state index is -2.89. The number of aryl methyl sites for hydroxylation is 1. The molecule has 8 heteroatoms. The molecule has 0 saturated carbocycles. The number of nitrogens with one attached hydrogen (secondary N) is 1. The van der Waals surface area contributed by atoms with E-state index in [0.29, 0.717) is 61.2 Å². The molecule has 0 fully saturated rings. The molecule has 0 amide bonds. The maximum absolute atomic E-state index is 16.1. The molecule has 1 aromatic heterocycles. The predicted molar refractivity (Wildman–Crippen MR) is 245 cm³/mol. The van der Waals surface area contributed by atoms with Gasteiger partial charge < -0.3 is 16.6 Å². The van der Waals surface area contributed by atoms with Gasteiger partial charge in [0.2, 0.25) is 0 Å². The minimum Gasteiger partial charge on any atom is -0.484 e. The molecule has 0 bridgehead atoms. The Balaban J connectivity index is 1.56. The van der Waals surface area contributed by atoms with E-state index in [-0.39, 0.29) is 0 Å². The standard InChI is InChI=1S/C48H44BCl2F2IN2/c1-30(2)24-33-16-20-37(21-17-33)43-28-39(35-12-8-6-9-13-35)47(55-54-43)46(45-41(50)26-32(5)27-42(45)51)48-40(36-14-10-7-11-15-36)29-44(56(48)49(52)53)38-22-18-34(19-23-38)25-31(3)4/h6-23,26-31,55H,24-25H2,1-5H3/q-1/b47-46-. The van der Waals surface area contributed by atoms with Gasteiger partial charge in [0.15, 0.2) is 0 Å². The van der Waals surface area contributed by atoms with Crippen LogP contribution in [0.2, 0.25) is 10.0 Å². The fourth-order valence-electron chi connectivity index (χ4n) is 7.44. The van der Waals surface area contributed by atoms with Crippen LogP contribution in [0, 0.1) is 18.8 Å². The van der Waals surface area contributed by atoms with Gasteiger partial charge in [-0.25, -0.2) is 0 Å². The summed E-state index contributed by atoms with van der Waals surface area (Å²) in [7, 11) is -2.89. The van der Waals surface area contributed by atoms with Crippen molar-refractivity contribution >= 4 is 66.3 Å². The summed E-state index contributed by atoms with van der Waals surface area (Å²) in [6, 6.07) is 42.3. The molecular formula is C48H44BCl2F2IN2-. The van der Waals surface area contributed by atoms with E-state index in [1.54, 1.807) is 0 Å². The van der Waals surface area contributed by atoms with E-state index in [1.807, 2.05) is 97.9 Å². The summed E-state index contributed by atoms with van der Waals surface area (Å²) in [5.74, 6) is 1.03. The van der Waals surface area contributed by atoms with Crippen LogP contribution in [0.15, 0.2) is 139 Å². The predicted octanol–water partition coefficient (Wildman–Crippen LogP) is 14.2. The summed E-state index contributed by atoms with van der Waals surface area (Å²) < 4.78 is 38.5. The second kappa shape index (κ2) is 17.5. The zero-order valence-electron chi connectivity index (χ0n) is 32.2. The van der Waals surface area contributed by atoms with Crippen molar-refractivity contribution in [3.8, 4) is 22.4 Å². The van der Waals surface area contributed by atoms with Gasteiger partial charge in [0.25, 0.3) is 0 Å². The second-order valence-corrected chi connectivity index (χ2v) is 18.3. The highest BCUT2D eigenvalue weighted by Gasteiger charge is 2.30. The number of rotatable bonds is 11. The molecular weight excluding hydrogens is 851 g/mol. The van der Waals surface area contributed by atoms with Gasteiger partial charge in [-0.05, 0) is 94.8 Å². The van der Waals surface area contributed by atoms with Crippen LogP contribution in [0.5, 0.6) is 0 Å². The third-order valence-electron chi connectivity index (χ3n) is 9.88. The van der Waals surface area contributed by atoms with Crippen LogP contribution < -0.4 is 3.53 Å². The van der Waals surface area contributed by atoms with Crippen LogP contribution >= 0.6 is 44.2 Å². The summed E-state index contributed by atoms with van der Waals surface area (Å²) in [6.07, 6.45) is 4.15. The Labute approximate surface area is 350 Å². The third-order valence-corrected chi connectivity index (χ3v) is 12.8. The molecule has 1 N–H and O–H groups in total. The molecule has 7 rings (SSSR count). The first-order valence-electron chi connectivity index (χ1n) is 19.0. The van der Waals surface area contributed by atoms with Crippen molar-refractivity contribution in [1.82, 2.24) is 8.01 Å². The summed E-state index contributed by atoms with van der Waals surface area (Å²) in [4.78, 5) is 0. The number of allylic oxidation sites excluding steroid dienone is 2. The molecule has 2 nitrogen and oxygen atoms in total. The first-order valence-corrected chi connectivity index (χ1v) is 21.9. The van der Waals surface area contributed by atoms with Gasteiger partial charge in [-0.2, -0.15) is 0 Å². The van der Waals surface area contributed by atoms with Crippen LogP contribution in [0.1, 0.15) is 66.8 Å². The van der Waals surface area contributed by atoms with Crippen molar-refractivity contribution in [1.29, 1.82) is 0 Å². The summed E-state index contributed by atoms with van der Waals surface area (Å²) in [6.45, 7) is 10.7. The molecule has 56 heavy (non-hydrogen) atoms. The highest BCUT2D eigenvalue weighted by atomic mass is 127. The third kappa shape index (κ3) is 8.68. The maximum atomic E-state index is 16.1. The monoisotopic (exact) mass is 894 g/mol. The fourth-order valence-corrected chi connectivity index (χ4v) is 10.5. The molecule has 285 valence electrons. The molecule has 0 saturated heterocycles. The minimum absolute atomic E-state index is 0.343. The molecule has 0 atom stereocenters. The van der Waals surface area contributed by atoms with Crippen LogP contribution in [0.4, 0.5) is 8.63 Å². The van der Waals surface area contributed by atoms with Gasteiger partial charge >= 0.3 is 7.40 Å². The normalized spacial score (nSPS) is 14.1. The first-order chi connectivity index (χ1) is 27.0. The van der Waals surface area contributed by atoms with Crippen LogP contribution in [-0.2, 0) is 12.8 Å². The lowest BCUT2D eigenvalue weighted by Gasteiger charge is -2.29. The quantitative estimate of drug-likeness (QED) is 0.0779. The summed E-state index contributed by atoms with van der Waals surface area (Å²) >= 11 is 13.6. The zero-order valence-corrected chi connectivity index (χ0v) is 35.9. The Kier molecular flexibility index (Phi) is 12.5. The van der Waals surface area contributed by atoms with Gasteiger partial charge in [0, 0.05) is 58.2 Å². The maximum Gasteiger partial charge on any atom is 0.341 e. The van der Waals surface area contributed by atoms with E-state index in [9.17, 15) is 0 Å². The molecule has 1 aliphatic heterocycles. The number of halogens is 5. The number of hydrogen-bond donors (Lipinski definition) is 1. The van der Waals surface area contributed by atoms with E-state index >= 15 is 8.63 Å². The lowest BCUT2D eigenvalue weighted by atomic mass is 9.88. The Morgan fingerprint density at radius 2 is 1.20 bits per heavy atom. The van der Waals surface area contributed by atoms with Crippen molar-refractivity contribution in [2.75, 3.05) is 0 Å². The largest absolute Gasteiger partial charge is 0.484 e. The van der Waals surface area contributed by atoms with E-state index in [1.165, 1.54) is 13.6 Å². The van der Waals surface area contributed by atoms with Crippen molar-refractivity contribution in [2.24, 2.45) is 11.8 Å². The number of benzene rings is 5. The molecule has 5 aromatic carbocycles. The van der Waals surface area contributed by atoms with Gasteiger partial charge in [0.05, 0.1) is 15.7 Å². The lowest BCUT2D eigenvalue weighted by Crippen LogP contribution is -2.21. The number of nitrogens with zero attached hydrogens (tertiary/aromatic N) is 1. The Hall–Kier alpha value is -4.24. The fraction of sp³-hybridized carbons (Fsp3) is 0.188. The zero-order chi connectivity index (χ0) is 39.5. The molecule has 1 aliphatic rings. The lowest BCUT2D eigenvalue weighted by molar-refractivity contribution is 0.630. The van der Waals surface area contributed by atoms with Gasteiger partial charge in [0.1, 0.15) is 0 Å². The van der Waals surface area contributed by atoms with Crippen molar-refractivity contribution in [3.05, 3.63) is 188 Å². The Bertz CT molecular complexity index is 2410. The summed E-state index contributed by atoms with van der Waals surface area (Å²) in [5.41, 5.74) is 11.0. The number of hydrogen-bond acceptors (Lipinski definition) is 1. The van der Waals surface area contributed by atoms with Crippen molar-refractivity contribution in [3.63, 3.8) is 0 Å². The summed E-state index contributed by atoms with van der Waals surface area (Å²) in [5, 5.41) is 0.780. The Morgan fingerprint density at radius 3 is 1.71 bits per heavy atom. The molecule has 2 heterocycles. The van der Waals surface area contributed by atoms with E-state index in [4.69, 9.17) is 23.2 Å². The second-order valence-electron chi connectivity index (χ2n) is 15.2. The van der Waals surface area contributed by atoms with E-state index in [0.717, 1.165) is 46.2 Å². The van der Waals surface area contributed by atoms with Crippen LogP contribution in [0.25, 0.3) is 33.5 Å². The molecule has 0 unspecified atom stereocenters. The molecule has 6 aromatic rings. The SMILES string of the molecule is Cc1cc(Cl)c(/C(=C2/NI=C(c3ccc(CC(C)C)cc3)C=C2c2ccccc2)c2c(-c3ccccc3)cc(-c3ccc(CC(C)C)cc3)n2[B-](F)F)c(Cl)c1. The highest BCUT2D eigenvalue weighted by molar-refractivity contribution is 14.2. The Morgan fingerprint density at radius 1 is 0.679 bits per heavy atom. The highest BCUT2D eigenvalue weighted by Crippen LogP contribution is 2.47. The molecule has 0 aliphatic carbocycles. The van der Waals surface area contributed by atoms with Crippen molar-refractivity contribution < 1.29 is 8.63 Å². The first kappa shape index (κ1) is 40.0.